The van der Waals surface area contributed by atoms with Crippen molar-refractivity contribution in [1.29, 1.82) is 0 Å². The topological polar surface area (TPSA) is 80.2 Å². The Morgan fingerprint density at radius 2 is 2.08 bits per heavy atom. The zero-order chi connectivity index (χ0) is 17.6. The quantitative estimate of drug-likeness (QED) is 0.647. The lowest BCUT2D eigenvalue weighted by Gasteiger charge is -2.33. The van der Waals surface area contributed by atoms with Crippen LogP contribution in [0.15, 0.2) is 17.2 Å². The molecule has 3 aliphatic rings. The molecule has 3 amide bonds. The van der Waals surface area contributed by atoms with Gasteiger partial charge < -0.3 is 14.8 Å². The Morgan fingerprint density at radius 3 is 2.84 bits per heavy atom. The molecule has 132 valence electrons. The molecule has 2 aliphatic heterocycles. The van der Waals surface area contributed by atoms with Crippen LogP contribution in [-0.4, -0.2) is 35.5 Å². The lowest BCUT2D eigenvalue weighted by Crippen LogP contribution is -2.49. The molecule has 1 N–H and O–H groups in total. The fourth-order valence-electron chi connectivity index (χ4n) is 3.49. The number of halogens is 1. The summed E-state index contributed by atoms with van der Waals surface area (Å²) in [5.41, 5.74) is -0.180. The summed E-state index contributed by atoms with van der Waals surface area (Å²) in [6.07, 6.45) is 4.57. The molecular formula is C17H18ClN3O4. The molecule has 1 aromatic carbocycles. The second-order valence-corrected chi connectivity index (χ2v) is 7.20. The minimum atomic E-state index is -0.798. The number of fused-ring (bicyclic) bond motifs is 1. The molecule has 2 heterocycles. The molecule has 0 atom stereocenters. The predicted octanol–water partition coefficient (Wildman–Crippen LogP) is 2.90. The van der Waals surface area contributed by atoms with E-state index in [2.05, 4.69) is 17.3 Å². The van der Waals surface area contributed by atoms with Crippen molar-refractivity contribution in [1.82, 2.24) is 10.3 Å². The number of carbonyl (C=O) groups is 2. The van der Waals surface area contributed by atoms with E-state index in [4.69, 9.17) is 21.1 Å². The average molecular weight is 364 g/mol. The van der Waals surface area contributed by atoms with Gasteiger partial charge in [-0.05, 0) is 49.3 Å². The molecule has 1 saturated carbocycles. The number of imide groups is 1. The van der Waals surface area contributed by atoms with E-state index in [-0.39, 0.29) is 12.7 Å². The fourth-order valence-corrected chi connectivity index (χ4v) is 3.76. The van der Waals surface area contributed by atoms with Crippen LogP contribution in [0.2, 0.25) is 5.02 Å². The van der Waals surface area contributed by atoms with Crippen LogP contribution in [0.5, 0.6) is 11.5 Å². The van der Waals surface area contributed by atoms with E-state index < -0.39 is 11.6 Å². The van der Waals surface area contributed by atoms with Crippen molar-refractivity contribution in [2.75, 3.05) is 6.79 Å². The zero-order valence-electron chi connectivity index (χ0n) is 13.8. The second-order valence-electron chi connectivity index (χ2n) is 6.79. The monoisotopic (exact) mass is 363 g/mol. The molecule has 4 rings (SSSR count). The SMILES string of the molecule is CC1CCC2(CC1)NC(=O)N(/N=C\c1cc(Cl)c3c(c1)OCO3)C2=O. The van der Waals surface area contributed by atoms with Gasteiger partial charge in [0.2, 0.25) is 6.79 Å². The first-order chi connectivity index (χ1) is 12.0. The van der Waals surface area contributed by atoms with Crippen molar-refractivity contribution < 1.29 is 19.1 Å². The highest BCUT2D eigenvalue weighted by Gasteiger charge is 2.52. The lowest BCUT2D eigenvalue weighted by molar-refractivity contribution is -0.132. The van der Waals surface area contributed by atoms with E-state index in [0.717, 1.165) is 17.9 Å². The van der Waals surface area contributed by atoms with Gasteiger partial charge in [0.15, 0.2) is 11.5 Å². The summed E-state index contributed by atoms with van der Waals surface area (Å²) in [6, 6.07) is 2.87. The number of nitrogens with one attached hydrogen (secondary N) is 1. The number of urea groups is 1. The van der Waals surface area contributed by atoms with Crippen LogP contribution in [0.4, 0.5) is 4.79 Å². The molecule has 7 nitrogen and oxygen atoms in total. The molecule has 1 aliphatic carbocycles. The smallest absolute Gasteiger partial charge is 0.346 e. The molecule has 1 aromatic rings. The normalized spacial score (nSPS) is 28.2. The highest BCUT2D eigenvalue weighted by molar-refractivity contribution is 6.32. The number of hydrazone groups is 1. The van der Waals surface area contributed by atoms with E-state index in [9.17, 15) is 9.59 Å². The first kappa shape index (κ1) is 16.2. The standard InChI is InChI=1S/C17H18ClN3O4/c1-10-2-4-17(5-3-10)15(22)21(16(23)20-17)19-8-11-6-12(18)14-13(7-11)24-9-25-14/h6-8,10H,2-5,9H2,1H3,(H,20,23)/b19-8-. The number of ether oxygens (including phenoxy) is 2. The summed E-state index contributed by atoms with van der Waals surface area (Å²) in [4.78, 5) is 25.0. The van der Waals surface area contributed by atoms with Gasteiger partial charge in [0.05, 0.1) is 11.2 Å². The second kappa shape index (κ2) is 5.91. The average Bonchev–Trinajstić information content (AvgIpc) is 3.14. The molecule has 0 bridgehead atoms. The van der Waals surface area contributed by atoms with Crippen LogP contribution in [0.1, 0.15) is 38.2 Å². The Hall–Kier alpha value is -2.28. The Kier molecular flexibility index (Phi) is 3.83. The summed E-state index contributed by atoms with van der Waals surface area (Å²) >= 11 is 6.13. The van der Waals surface area contributed by atoms with Crippen LogP contribution in [-0.2, 0) is 4.79 Å². The van der Waals surface area contributed by atoms with Crippen LogP contribution in [0.3, 0.4) is 0 Å². The summed E-state index contributed by atoms with van der Waals surface area (Å²) in [6.45, 7) is 2.27. The van der Waals surface area contributed by atoms with Gasteiger partial charge in [0, 0.05) is 0 Å². The number of carbonyl (C=O) groups excluding carboxylic acids is 2. The maximum absolute atomic E-state index is 12.7. The third-order valence-corrected chi connectivity index (χ3v) is 5.32. The van der Waals surface area contributed by atoms with Gasteiger partial charge in [0.25, 0.3) is 5.91 Å². The molecule has 0 radical (unpaired) electrons. The van der Waals surface area contributed by atoms with E-state index in [1.807, 2.05) is 0 Å². The van der Waals surface area contributed by atoms with Gasteiger partial charge in [-0.25, -0.2) is 4.79 Å². The highest BCUT2D eigenvalue weighted by atomic mass is 35.5. The first-order valence-electron chi connectivity index (χ1n) is 8.28. The number of hydrogen-bond donors (Lipinski definition) is 1. The number of amides is 3. The fraction of sp³-hybridized carbons (Fsp3) is 0.471. The molecule has 1 saturated heterocycles. The Morgan fingerprint density at radius 1 is 1.32 bits per heavy atom. The largest absolute Gasteiger partial charge is 0.454 e. The van der Waals surface area contributed by atoms with E-state index in [0.29, 0.717) is 40.8 Å². The van der Waals surface area contributed by atoms with Crippen LogP contribution >= 0.6 is 11.6 Å². The molecule has 25 heavy (non-hydrogen) atoms. The number of nitrogens with zero attached hydrogens (tertiary/aromatic N) is 2. The van der Waals surface area contributed by atoms with E-state index in [1.165, 1.54) is 6.21 Å². The van der Waals surface area contributed by atoms with Crippen molar-refractivity contribution in [2.45, 2.75) is 38.1 Å². The summed E-state index contributed by atoms with van der Waals surface area (Å²) in [5, 5.41) is 8.22. The molecule has 8 heteroatoms. The van der Waals surface area contributed by atoms with Crippen molar-refractivity contribution in [3.05, 3.63) is 22.7 Å². The van der Waals surface area contributed by atoms with Gasteiger partial charge in [-0.2, -0.15) is 5.10 Å². The van der Waals surface area contributed by atoms with Gasteiger partial charge >= 0.3 is 6.03 Å². The van der Waals surface area contributed by atoms with Gasteiger partial charge in [-0.15, -0.1) is 5.01 Å². The lowest BCUT2D eigenvalue weighted by atomic mass is 9.77. The van der Waals surface area contributed by atoms with Crippen LogP contribution in [0.25, 0.3) is 0 Å². The summed E-state index contributed by atoms with van der Waals surface area (Å²) < 4.78 is 10.6. The van der Waals surface area contributed by atoms with Gasteiger partial charge in [-0.3, -0.25) is 4.79 Å². The van der Waals surface area contributed by atoms with Crippen molar-refractivity contribution in [3.63, 3.8) is 0 Å². The van der Waals surface area contributed by atoms with E-state index >= 15 is 0 Å². The Bertz CT molecular complexity index is 771. The maximum atomic E-state index is 12.7. The Labute approximate surface area is 149 Å². The summed E-state index contributed by atoms with van der Waals surface area (Å²) in [7, 11) is 0. The minimum Gasteiger partial charge on any atom is -0.454 e. The molecular weight excluding hydrogens is 346 g/mol. The number of hydrogen-bond acceptors (Lipinski definition) is 5. The number of benzene rings is 1. The third-order valence-electron chi connectivity index (χ3n) is 5.04. The minimum absolute atomic E-state index is 0.115. The van der Waals surface area contributed by atoms with Gasteiger partial charge in [0.1, 0.15) is 5.54 Å². The van der Waals surface area contributed by atoms with E-state index in [1.54, 1.807) is 12.1 Å². The van der Waals surface area contributed by atoms with Crippen molar-refractivity contribution in [2.24, 2.45) is 11.0 Å². The third kappa shape index (κ3) is 2.72. The van der Waals surface area contributed by atoms with Crippen molar-refractivity contribution >= 4 is 29.8 Å². The first-order valence-corrected chi connectivity index (χ1v) is 8.66. The van der Waals surface area contributed by atoms with Crippen molar-refractivity contribution in [3.8, 4) is 11.5 Å². The molecule has 0 unspecified atom stereocenters. The summed E-state index contributed by atoms with van der Waals surface area (Å²) in [5.74, 6) is 1.30. The maximum Gasteiger partial charge on any atom is 0.346 e. The zero-order valence-corrected chi connectivity index (χ0v) is 14.5. The highest BCUT2D eigenvalue weighted by Crippen LogP contribution is 2.40. The molecule has 0 aromatic heterocycles. The van der Waals surface area contributed by atoms with Crippen LogP contribution < -0.4 is 14.8 Å². The van der Waals surface area contributed by atoms with Crippen LogP contribution in [0, 0.1) is 5.92 Å². The Balaban J connectivity index is 1.55. The molecule has 2 fully saturated rings. The predicted molar refractivity (Wildman–Crippen MR) is 90.9 cm³/mol. The number of rotatable bonds is 2. The molecule has 1 spiro atoms. The van der Waals surface area contributed by atoms with Gasteiger partial charge in [-0.1, -0.05) is 18.5 Å².